The van der Waals surface area contributed by atoms with Crippen molar-refractivity contribution in [3.05, 3.63) is 48.7 Å². The molecule has 1 aliphatic heterocycles. The number of amides is 1. The van der Waals surface area contributed by atoms with E-state index in [0.717, 1.165) is 30.7 Å². The van der Waals surface area contributed by atoms with Crippen LogP contribution in [0.5, 0.6) is 0 Å². The van der Waals surface area contributed by atoms with Crippen LogP contribution in [0.15, 0.2) is 43.0 Å². The summed E-state index contributed by atoms with van der Waals surface area (Å²) in [6, 6.07) is 5.89. The van der Waals surface area contributed by atoms with E-state index in [1.54, 1.807) is 10.9 Å². The number of hydrogen-bond donors (Lipinski definition) is 1. The van der Waals surface area contributed by atoms with E-state index >= 15 is 0 Å². The van der Waals surface area contributed by atoms with Crippen molar-refractivity contribution < 1.29 is 4.79 Å². The van der Waals surface area contributed by atoms with E-state index in [9.17, 15) is 4.79 Å². The molecule has 1 amide bonds. The van der Waals surface area contributed by atoms with E-state index in [1.807, 2.05) is 35.6 Å². The topological polar surface area (TPSA) is 66.8 Å². The lowest BCUT2D eigenvalue weighted by Crippen LogP contribution is -2.51. The van der Waals surface area contributed by atoms with Gasteiger partial charge in [0.1, 0.15) is 6.54 Å². The normalized spacial score (nSPS) is 15.2. The van der Waals surface area contributed by atoms with Crippen LogP contribution in [0.1, 0.15) is 5.69 Å². The molecule has 0 aliphatic carbocycles. The molecule has 0 bridgehead atoms. The lowest BCUT2D eigenvalue weighted by Gasteiger charge is -2.39. The molecule has 1 saturated heterocycles. The fourth-order valence-corrected chi connectivity index (χ4v) is 3.01. The predicted molar refractivity (Wildman–Crippen MR) is 82.1 cm³/mol. The lowest BCUT2D eigenvalue weighted by molar-refractivity contribution is -0.138. The summed E-state index contributed by atoms with van der Waals surface area (Å²) in [5, 5.41) is 5.26. The van der Waals surface area contributed by atoms with E-state index < -0.39 is 0 Å². The Morgan fingerprint density at radius 1 is 1.32 bits per heavy atom. The molecule has 0 unspecified atom stereocenters. The molecule has 0 aromatic carbocycles. The summed E-state index contributed by atoms with van der Waals surface area (Å²) in [4.78, 5) is 21.7. The highest BCUT2D eigenvalue weighted by Crippen LogP contribution is 2.23. The van der Waals surface area contributed by atoms with E-state index in [0.29, 0.717) is 12.5 Å². The molecule has 4 heterocycles. The number of nitrogens with zero attached hydrogens (tertiary/aromatic N) is 4. The third-order valence-corrected chi connectivity index (χ3v) is 4.20. The van der Waals surface area contributed by atoms with Gasteiger partial charge in [0, 0.05) is 43.3 Å². The minimum Gasteiger partial charge on any atom is -0.360 e. The number of H-pyrrole nitrogens is 1. The van der Waals surface area contributed by atoms with Crippen molar-refractivity contribution in [2.45, 2.75) is 13.0 Å². The molecule has 6 nitrogen and oxygen atoms in total. The molecule has 4 rings (SSSR count). The molecule has 6 heteroatoms. The zero-order valence-electron chi connectivity index (χ0n) is 12.1. The van der Waals surface area contributed by atoms with Crippen LogP contribution in [0, 0.1) is 5.92 Å². The Balaban J connectivity index is 1.35. The van der Waals surface area contributed by atoms with Gasteiger partial charge in [0.25, 0.3) is 0 Å². The number of carbonyl (C=O) groups is 1. The predicted octanol–water partition coefficient (Wildman–Crippen LogP) is 1.46. The van der Waals surface area contributed by atoms with Crippen molar-refractivity contribution in [3.8, 4) is 0 Å². The molecule has 0 spiro atoms. The highest BCUT2D eigenvalue weighted by molar-refractivity contribution is 5.81. The van der Waals surface area contributed by atoms with Crippen molar-refractivity contribution in [2.75, 3.05) is 13.1 Å². The number of aromatic nitrogens is 4. The zero-order chi connectivity index (χ0) is 14.9. The summed E-state index contributed by atoms with van der Waals surface area (Å²) >= 11 is 0. The second-order valence-electron chi connectivity index (χ2n) is 5.77. The largest absolute Gasteiger partial charge is 0.360 e. The van der Waals surface area contributed by atoms with Gasteiger partial charge < -0.3 is 9.88 Å². The second-order valence-corrected chi connectivity index (χ2v) is 5.77. The Labute approximate surface area is 127 Å². The number of rotatable bonds is 4. The summed E-state index contributed by atoms with van der Waals surface area (Å²) in [7, 11) is 0. The van der Waals surface area contributed by atoms with Gasteiger partial charge in [-0.2, -0.15) is 5.10 Å². The third kappa shape index (κ3) is 2.36. The number of fused-ring (bicyclic) bond motifs is 1. The minimum atomic E-state index is 0.131. The molecule has 1 fully saturated rings. The Morgan fingerprint density at radius 2 is 2.23 bits per heavy atom. The summed E-state index contributed by atoms with van der Waals surface area (Å²) < 4.78 is 1.66. The highest BCUT2D eigenvalue weighted by atomic mass is 16.2. The fraction of sp³-hybridized carbons (Fsp3) is 0.312. The van der Waals surface area contributed by atoms with Crippen LogP contribution in [0.4, 0.5) is 0 Å². The minimum absolute atomic E-state index is 0.131. The number of likely N-dealkylation sites (tertiary alicyclic amines) is 1. The van der Waals surface area contributed by atoms with Crippen LogP contribution in [-0.2, 0) is 17.8 Å². The first kappa shape index (κ1) is 13.1. The molecule has 0 saturated carbocycles. The summed E-state index contributed by atoms with van der Waals surface area (Å²) in [5.74, 6) is 0.619. The molecule has 112 valence electrons. The smallest absolute Gasteiger partial charge is 0.244 e. The van der Waals surface area contributed by atoms with Crippen molar-refractivity contribution >= 4 is 16.8 Å². The van der Waals surface area contributed by atoms with Gasteiger partial charge in [-0.25, -0.2) is 0 Å². The Bertz CT molecular complexity index is 786. The first-order valence-electron chi connectivity index (χ1n) is 7.46. The number of aromatic amines is 1. The average molecular weight is 295 g/mol. The molecule has 3 aromatic heterocycles. The molecule has 0 radical (unpaired) electrons. The third-order valence-electron chi connectivity index (χ3n) is 4.20. The monoisotopic (exact) mass is 295 g/mol. The van der Waals surface area contributed by atoms with E-state index in [2.05, 4.69) is 21.1 Å². The summed E-state index contributed by atoms with van der Waals surface area (Å²) in [6.07, 6.45) is 8.20. The quantitative estimate of drug-likeness (QED) is 0.792. The number of hydrogen-bond acceptors (Lipinski definition) is 3. The Morgan fingerprint density at radius 3 is 3.05 bits per heavy atom. The highest BCUT2D eigenvalue weighted by Gasteiger charge is 2.31. The molecule has 1 aliphatic rings. The summed E-state index contributed by atoms with van der Waals surface area (Å²) in [5.41, 5.74) is 2.20. The Hall–Kier alpha value is -2.63. The maximum atomic E-state index is 12.1. The maximum Gasteiger partial charge on any atom is 0.244 e. The molecule has 1 N–H and O–H groups in total. The fourth-order valence-electron chi connectivity index (χ4n) is 3.01. The lowest BCUT2D eigenvalue weighted by atomic mass is 9.93. The van der Waals surface area contributed by atoms with Gasteiger partial charge in [0.15, 0.2) is 0 Å². The van der Waals surface area contributed by atoms with Crippen LogP contribution in [-0.4, -0.2) is 43.6 Å². The van der Waals surface area contributed by atoms with Gasteiger partial charge in [0.05, 0.1) is 11.2 Å². The SMILES string of the molecule is O=C(Cn1cccn1)N1CC(Cc2nccc3cc[nH]c23)C1. The molecular formula is C16H17N5O. The molecule has 0 atom stereocenters. The van der Waals surface area contributed by atoms with Gasteiger partial charge in [-0.05, 0) is 30.5 Å². The van der Waals surface area contributed by atoms with Crippen LogP contribution in [0.3, 0.4) is 0 Å². The number of pyridine rings is 1. The van der Waals surface area contributed by atoms with Crippen molar-refractivity contribution in [2.24, 2.45) is 5.92 Å². The molecular weight excluding hydrogens is 278 g/mol. The van der Waals surface area contributed by atoms with Gasteiger partial charge >= 0.3 is 0 Å². The van der Waals surface area contributed by atoms with Crippen molar-refractivity contribution in [1.29, 1.82) is 0 Å². The van der Waals surface area contributed by atoms with E-state index in [1.165, 1.54) is 5.39 Å². The maximum absolute atomic E-state index is 12.1. The van der Waals surface area contributed by atoms with E-state index in [-0.39, 0.29) is 5.91 Å². The standard InChI is InChI=1S/C16H17N5O/c22-15(11-21-7-1-4-19-21)20-9-12(10-20)8-14-16-13(2-5-17-14)3-6-18-16/h1-7,12,18H,8-11H2. The van der Waals surface area contributed by atoms with Gasteiger partial charge in [-0.3, -0.25) is 14.5 Å². The zero-order valence-corrected chi connectivity index (χ0v) is 12.1. The second kappa shape index (κ2) is 5.29. The average Bonchev–Trinajstić information content (AvgIpc) is 3.12. The summed E-state index contributed by atoms with van der Waals surface area (Å²) in [6.45, 7) is 1.93. The first-order valence-corrected chi connectivity index (χ1v) is 7.46. The van der Waals surface area contributed by atoms with Gasteiger partial charge in [0.2, 0.25) is 5.91 Å². The van der Waals surface area contributed by atoms with Crippen LogP contribution >= 0.6 is 0 Å². The van der Waals surface area contributed by atoms with Crippen LogP contribution in [0.25, 0.3) is 10.9 Å². The first-order chi connectivity index (χ1) is 10.8. The molecule has 22 heavy (non-hydrogen) atoms. The number of nitrogens with one attached hydrogen (secondary N) is 1. The Kier molecular flexibility index (Phi) is 3.14. The van der Waals surface area contributed by atoms with Gasteiger partial charge in [-0.15, -0.1) is 0 Å². The van der Waals surface area contributed by atoms with Crippen LogP contribution in [0.2, 0.25) is 0 Å². The van der Waals surface area contributed by atoms with Crippen molar-refractivity contribution in [1.82, 2.24) is 24.6 Å². The van der Waals surface area contributed by atoms with Crippen molar-refractivity contribution in [3.63, 3.8) is 0 Å². The number of carbonyl (C=O) groups excluding carboxylic acids is 1. The van der Waals surface area contributed by atoms with E-state index in [4.69, 9.17) is 0 Å². The molecule has 3 aromatic rings. The van der Waals surface area contributed by atoms with Gasteiger partial charge in [-0.1, -0.05) is 0 Å². The van der Waals surface area contributed by atoms with Crippen LogP contribution < -0.4 is 0 Å².